The minimum atomic E-state index is 0.678. The number of allylic oxidation sites excluding steroid dienone is 1. The highest BCUT2D eigenvalue weighted by molar-refractivity contribution is 5.93. The minimum absolute atomic E-state index is 0.678. The summed E-state index contributed by atoms with van der Waals surface area (Å²) in [5.41, 5.74) is 2.65. The fourth-order valence-electron chi connectivity index (χ4n) is 2.31. The van der Waals surface area contributed by atoms with E-state index in [2.05, 4.69) is 30.3 Å². The first-order chi connectivity index (χ1) is 9.78. The van der Waals surface area contributed by atoms with Crippen LogP contribution in [-0.4, -0.2) is 4.57 Å². The van der Waals surface area contributed by atoms with Crippen LogP contribution < -0.4 is 0 Å². The van der Waals surface area contributed by atoms with E-state index in [0.717, 1.165) is 16.6 Å². The summed E-state index contributed by atoms with van der Waals surface area (Å²) in [7, 11) is 1.97. The van der Waals surface area contributed by atoms with E-state index in [4.69, 9.17) is 0 Å². The molecule has 0 saturated carbocycles. The van der Waals surface area contributed by atoms with Gasteiger partial charge in [-0.1, -0.05) is 36.4 Å². The van der Waals surface area contributed by atoms with Gasteiger partial charge in [0.25, 0.3) is 0 Å². The predicted octanol–water partition coefficient (Wildman–Crippen LogP) is 4.24. The molecule has 2 nitrogen and oxygen atoms in total. The van der Waals surface area contributed by atoms with Gasteiger partial charge in [0.15, 0.2) is 0 Å². The van der Waals surface area contributed by atoms with Crippen molar-refractivity contribution in [1.82, 2.24) is 4.57 Å². The third kappa shape index (κ3) is 2.22. The van der Waals surface area contributed by atoms with E-state index < -0.39 is 0 Å². The van der Waals surface area contributed by atoms with Gasteiger partial charge in [0.1, 0.15) is 0 Å². The number of aryl methyl sites for hydroxylation is 1. The fourth-order valence-corrected chi connectivity index (χ4v) is 2.31. The number of nitriles is 1. The van der Waals surface area contributed by atoms with Crippen LogP contribution in [0.15, 0.2) is 60.8 Å². The van der Waals surface area contributed by atoms with Gasteiger partial charge in [-0.25, -0.2) is 0 Å². The Bertz CT molecular complexity index is 832. The second-order valence-corrected chi connectivity index (χ2v) is 4.78. The molecule has 0 saturated heterocycles. The van der Waals surface area contributed by atoms with E-state index in [1.54, 1.807) is 0 Å². The van der Waals surface area contributed by atoms with Gasteiger partial charge in [-0.3, -0.25) is 0 Å². The number of rotatable bonds is 2. The summed E-state index contributed by atoms with van der Waals surface area (Å²) >= 11 is 0. The molecule has 1 heterocycles. The second-order valence-electron chi connectivity index (χ2n) is 4.78. The molecular weight excluding hydrogens is 244 g/mol. The SMILES string of the molecule is Cn1cccc1/C=C(/C#N)c1ccc2ccccc2c1. The van der Waals surface area contributed by atoms with Crippen molar-refractivity contribution in [2.24, 2.45) is 7.05 Å². The van der Waals surface area contributed by atoms with E-state index in [1.807, 2.05) is 54.2 Å². The summed E-state index contributed by atoms with van der Waals surface area (Å²) in [5.74, 6) is 0. The maximum absolute atomic E-state index is 9.41. The molecule has 3 aromatic rings. The monoisotopic (exact) mass is 258 g/mol. The van der Waals surface area contributed by atoms with E-state index >= 15 is 0 Å². The van der Waals surface area contributed by atoms with Crippen molar-refractivity contribution in [3.63, 3.8) is 0 Å². The standard InChI is InChI=1S/C18H14N2/c1-20-10-4-7-18(20)12-17(13-19)16-9-8-14-5-2-3-6-15(14)11-16/h2-12H,1H3/b17-12-. The molecule has 0 N–H and O–H groups in total. The van der Waals surface area contributed by atoms with Gasteiger partial charge in [-0.2, -0.15) is 5.26 Å². The number of aromatic nitrogens is 1. The smallest absolute Gasteiger partial charge is 0.0998 e. The molecule has 0 aliphatic rings. The van der Waals surface area contributed by atoms with Crippen molar-refractivity contribution < 1.29 is 0 Å². The molecule has 96 valence electrons. The Morgan fingerprint density at radius 2 is 1.85 bits per heavy atom. The van der Waals surface area contributed by atoms with Crippen molar-refractivity contribution in [1.29, 1.82) is 5.26 Å². The maximum atomic E-state index is 9.41. The Morgan fingerprint density at radius 1 is 1.05 bits per heavy atom. The fraction of sp³-hybridized carbons (Fsp3) is 0.0556. The first-order valence-corrected chi connectivity index (χ1v) is 6.50. The molecule has 0 aliphatic heterocycles. The molecule has 2 aromatic carbocycles. The van der Waals surface area contributed by atoms with Crippen LogP contribution in [0.1, 0.15) is 11.3 Å². The molecule has 0 fully saturated rings. The third-order valence-electron chi connectivity index (χ3n) is 3.46. The Kier molecular flexibility index (Phi) is 3.10. The number of fused-ring (bicyclic) bond motifs is 1. The normalized spacial score (nSPS) is 11.5. The lowest BCUT2D eigenvalue weighted by Crippen LogP contribution is -1.89. The van der Waals surface area contributed by atoms with Crippen molar-refractivity contribution in [2.75, 3.05) is 0 Å². The molecule has 0 unspecified atom stereocenters. The molecule has 0 aliphatic carbocycles. The topological polar surface area (TPSA) is 28.7 Å². The highest BCUT2D eigenvalue weighted by atomic mass is 14.9. The third-order valence-corrected chi connectivity index (χ3v) is 3.46. The predicted molar refractivity (Wildman–Crippen MR) is 82.8 cm³/mol. The van der Waals surface area contributed by atoms with Gasteiger partial charge in [0.05, 0.1) is 11.6 Å². The first-order valence-electron chi connectivity index (χ1n) is 6.50. The van der Waals surface area contributed by atoms with Gasteiger partial charge in [0, 0.05) is 18.9 Å². The highest BCUT2D eigenvalue weighted by Gasteiger charge is 2.03. The molecule has 0 atom stereocenters. The van der Waals surface area contributed by atoms with E-state index in [-0.39, 0.29) is 0 Å². The molecule has 2 heteroatoms. The molecule has 0 spiro atoms. The molecule has 0 amide bonds. The largest absolute Gasteiger partial charge is 0.351 e. The number of nitrogens with zero attached hydrogens (tertiary/aromatic N) is 2. The van der Waals surface area contributed by atoms with E-state index in [9.17, 15) is 5.26 Å². The summed E-state index contributed by atoms with van der Waals surface area (Å²) in [6.45, 7) is 0. The van der Waals surface area contributed by atoms with Crippen LogP contribution in [0.5, 0.6) is 0 Å². The van der Waals surface area contributed by atoms with Gasteiger partial charge in [-0.05, 0) is 40.6 Å². The Morgan fingerprint density at radius 3 is 2.55 bits per heavy atom. The summed E-state index contributed by atoms with van der Waals surface area (Å²) in [4.78, 5) is 0. The summed E-state index contributed by atoms with van der Waals surface area (Å²) in [6, 6.07) is 20.6. The van der Waals surface area contributed by atoms with Crippen molar-refractivity contribution in [3.05, 3.63) is 72.1 Å². The van der Waals surface area contributed by atoms with Crippen LogP contribution in [0, 0.1) is 11.3 Å². The molecule has 0 radical (unpaired) electrons. The number of hydrogen-bond acceptors (Lipinski definition) is 1. The van der Waals surface area contributed by atoms with Gasteiger partial charge < -0.3 is 4.57 Å². The highest BCUT2D eigenvalue weighted by Crippen LogP contribution is 2.22. The summed E-state index contributed by atoms with van der Waals surface area (Å²) in [6.07, 6.45) is 3.89. The second kappa shape index (κ2) is 5.07. The molecule has 3 rings (SSSR count). The van der Waals surface area contributed by atoms with Crippen LogP contribution in [0.3, 0.4) is 0 Å². The Balaban J connectivity index is 2.10. The zero-order valence-corrected chi connectivity index (χ0v) is 11.2. The Labute approximate surface area is 118 Å². The van der Waals surface area contributed by atoms with Crippen molar-refractivity contribution in [3.8, 4) is 6.07 Å². The molecular formula is C18H14N2. The number of hydrogen-bond donors (Lipinski definition) is 0. The minimum Gasteiger partial charge on any atom is -0.351 e. The van der Waals surface area contributed by atoms with Gasteiger partial charge in [-0.15, -0.1) is 0 Å². The lowest BCUT2D eigenvalue weighted by atomic mass is 10.0. The first kappa shape index (κ1) is 12.3. The van der Waals surface area contributed by atoms with Gasteiger partial charge in [0.2, 0.25) is 0 Å². The average Bonchev–Trinajstić information content (AvgIpc) is 2.89. The Hall–Kier alpha value is -2.79. The van der Waals surface area contributed by atoms with Crippen molar-refractivity contribution in [2.45, 2.75) is 0 Å². The lowest BCUT2D eigenvalue weighted by molar-refractivity contribution is 0.915. The van der Waals surface area contributed by atoms with Crippen LogP contribution in [-0.2, 0) is 7.05 Å². The maximum Gasteiger partial charge on any atom is 0.0998 e. The van der Waals surface area contributed by atoms with Crippen LogP contribution in [0.4, 0.5) is 0 Å². The van der Waals surface area contributed by atoms with E-state index in [0.29, 0.717) is 5.57 Å². The molecule has 20 heavy (non-hydrogen) atoms. The molecule has 1 aromatic heterocycles. The van der Waals surface area contributed by atoms with Crippen LogP contribution >= 0.6 is 0 Å². The summed E-state index contributed by atoms with van der Waals surface area (Å²) < 4.78 is 2.00. The van der Waals surface area contributed by atoms with Crippen LogP contribution in [0.2, 0.25) is 0 Å². The zero-order chi connectivity index (χ0) is 13.9. The summed E-state index contributed by atoms with van der Waals surface area (Å²) in [5, 5.41) is 11.8. The van der Waals surface area contributed by atoms with E-state index in [1.165, 1.54) is 5.39 Å². The van der Waals surface area contributed by atoms with Gasteiger partial charge >= 0.3 is 0 Å². The average molecular weight is 258 g/mol. The lowest BCUT2D eigenvalue weighted by Gasteiger charge is -2.03. The quantitative estimate of drug-likeness (QED) is 0.632. The number of benzene rings is 2. The van der Waals surface area contributed by atoms with Crippen LogP contribution in [0.25, 0.3) is 22.4 Å². The zero-order valence-electron chi connectivity index (χ0n) is 11.2. The van der Waals surface area contributed by atoms with Crippen molar-refractivity contribution >= 4 is 22.4 Å². The molecule has 0 bridgehead atoms.